The molecule has 7 nitrogen and oxygen atoms in total. The second kappa shape index (κ2) is 10.5. The zero-order chi connectivity index (χ0) is 25.1. The molecule has 186 valence electrons. The van der Waals surface area contributed by atoms with Crippen molar-refractivity contribution in [3.63, 3.8) is 0 Å². The Hall–Kier alpha value is -3.72. The summed E-state index contributed by atoms with van der Waals surface area (Å²) < 4.78 is 26.9. The number of carbonyl (C=O) groups is 1. The highest BCUT2D eigenvalue weighted by Crippen LogP contribution is 2.31. The van der Waals surface area contributed by atoms with Gasteiger partial charge in [0.1, 0.15) is 17.1 Å². The Labute approximate surface area is 212 Å². The fourth-order valence-corrected chi connectivity index (χ4v) is 5.33. The van der Waals surface area contributed by atoms with Gasteiger partial charge in [-0.15, -0.1) is 0 Å². The van der Waals surface area contributed by atoms with Crippen LogP contribution < -0.4 is 20.5 Å². The quantitative estimate of drug-likeness (QED) is 0.323. The molecular formula is C27H27FN4O3S. The summed E-state index contributed by atoms with van der Waals surface area (Å²) >= 11 is 1.39. The number of nitrogen functional groups attached to an aromatic ring is 1. The number of nitrogens with two attached hydrogens (primary N) is 1. The lowest BCUT2D eigenvalue weighted by atomic mass is 10.0. The van der Waals surface area contributed by atoms with Crippen LogP contribution in [0.15, 0.2) is 48.7 Å². The van der Waals surface area contributed by atoms with E-state index in [0.717, 1.165) is 34.2 Å². The molecule has 36 heavy (non-hydrogen) atoms. The number of anilines is 1. The van der Waals surface area contributed by atoms with E-state index in [2.05, 4.69) is 15.3 Å². The first kappa shape index (κ1) is 24.0. The molecule has 0 atom stereocenters. The lowest BCUT2D eigenvalue weighted by Gasteiger charge is -2.16. The number of methoxy groups -OCH3 is 1. The fourth-order valence-electron chi connectivity index (χ4n) is 4.55. The number of ether oxygens (including phenoxy) is 2. The number of pyridine rings is 1. The Morgan fingerprint density at radius 3 is 2.83 bits per heavy atom. The van der Waals surface area contributed by atoms with Gasteiger partial charge >= 0.3 is 0 Å². The largest absolute Gasteiger partial charge is 0.493 e. The number of nitrogens with one attached hydrogen (secondary N) is 1. The number of amides is 1. The van der Waals surface area contributed by atoms with Crippen molar-refractivity contribution in [1.82, 2.24) is 15.3 Å². The standard InChI is InChI=1S/C27H27FN4O3S/c1-34-26-19(11-18(13-31-26)17-9-10-22-24(12-17)36-27(29)32-22)25(33)30-14-20-21(28)7-4-8-23(20)35-15-16-5-2-3-6-16/h4,7-13,16H,2-3,5-6,14-15H2,1H3,(H2,29,32)(H,30,33). The summed E-state index contributed by atoms with van der Waals surface area (Å²) in [5.41, 5.74) is 8.82. The van der Waals surface area contributed by atoms with Gasteiger partial charge in [-0.25, -0.2) is 14.4 Å². The van der Waals surface area contributed by atoms with E-state index in [1.165, 1.54) is 37.4 Å². The monoisotopic (exact) mass is 506 g/mol. The van der Waals surface area contributed by atoms with Crippen molar-refractivity contribution in [2.75, 3.05) is 19.5 Å². The molecule has 1 saturated carbocycles. The molecule has 2 aromatic carbocycles. The number of fused-ring (bicyclic) bond motifs is 1. The zero-order valence-electron chi connectivity index (χ0n) is 19.9. The van der Waals surface area contributed by atoms with Crippen LogP contribution in [0.5, 0.6) is 11.6 Å². The van der Waals surface area contributed by atoms with Crippen LogP contribution in [0, 0.1) is 11.7 Å². The first-order chi connectivity index (χ1) is 17.5. The van der Waals surface area contributed by atoms with Gasteiger partial charge in [-0.1, -0.05) is 36.3 Å². The van der Waals surface area contributed by atoms with Crippen molar-refractivity contribution < 1.29 is 18.7 Å². The Morgan fingerprint density at radius 2 is 2.03 bits per heavy atom. The number of hydrogen-bond acceptors (Lipinski definition) is 7. The molecule has 2 aromatic heterocycles. The minimum absolute atomic E-state index is 0.0228. The highest BCUT2D eigenvalue weighted by molar-refractivity contribution is 7.22. The third-order valence-corrected chi connectivity index (χ3v) is 7.33. The number of halogens is 1. The highest BCUT2D eigenvalue weighted by Gasteiger charge is 2.20. The van der Waals surface area contributed by atoms with Crippen molar-refractivity contribution in [2.45, 2.75) is 32.2 Å². The Bertz CT molecular complexity index is 1400. The molecule has 1 aliphatic carbocycles. The van der Waals surface area contributed by atoms with Crippen LogP contribution in [0.1, 0.15) is 41.6 Å². The van der Waals surface area contributed by atoms with Crippen LogP contribution in [0.3, 0.4) is 0 Å². The summed E-state index contributed by atoms with van der Waals surface area (Å²) in [6, 6.07) is 12.2. The average Bonchev–Trinajstić information content (AvgIpc) is 3.54. The predicted molar refractivity (Wildman–Crippen MR) is 139 cm³/mol. The number of rotatable bonds is 8. The lowest BCUT2D eigenvalue weighted by molar-refractivity contribution is 0.0946. The molecule has 0 aliphatic heterocycles. The molecule has 0 bridgehead atoms. The maximum Gasteiger partial charge on any atom is 0.257 e. The Morgan fingerprint density at radius 1 is 1.19 bits per heavy atom. The van der Waals surface area contributed by atoms with E-state index in [1.807, 2.05) is 18.2 Å². The van der Waals surface area contributed by atoms with Crippen molar-refractivity contribution in [1.29, 1.82) is 0 Å². The SMILES string of the molecule is COc1ncc(-c2ccc3nc(N)sc3c2)cc1C(=O)NCc1c(F)cccc1OCC1CCCC1. The van der Waals surface area contributed by atoms with E-state index in [1.54, 1.807) is 24.4 Å². The van der Waals surface area contributed by atoms with Gasteiger partial charge in [0.15, 0.2) is 5.13 Å². The van der Waals surface area contributed by atoms with Crippen LogP contribution in [0.4, 0.5) is 9.52 Å². The predicted octanol–water partition coefficient (Wildman–Crippen LogP) is 5.59. The molecule has 1 amide bonds. The first-order valence-electron chi connectivity index (χ1n) is 11.9. The van der Waals surface area contributed by atoms with Crippen molar-refractivity contribution in [3.8, 4) is 22.8 Å². The third kappa shape index (κ3) is 5.11. The summed E-state index contributed by atoms with van der Waals surface area (Å²) in [5.74, 6) is 0.294. The van der Waals surface area contributed by atoms with Crippen molar-refractivity contribution in [2.24, 2.45) is 5.92 Å². The van der Waals surface area contributed by atoms with Gasteiger partial charge < -0.3 is 20.5 Å². The summed E-state index contributed by atoms with van der Waals surface area (Å²) in [6.45, 7) is 0.533. The molecule has 0 unspecified atom stereocenters. The molecule has 2 heterocycles. The normalized spacial score (nSPS) is 13.7. The maximum atomic E-state index is 14.7. The lowest BCUT2D eigenvalue weighted by Crippen LogP contribution is -2.25. The number of carbonyl (C=O) groups excluding carboxylic acids is 1. The number of thiazole rings is 1. The van der Waals surface area contributed by atoms with E-state index >= 15 is 0 Å². The van der Waals surface area contributed by atoms with Crippen LogP contribution >= 0.6 is 11.3 Å². The minimum Gasteiger partial charge on any atom is -0.493 e. The first-order valence-corrected chi connectivity index (χ1v) is 12.7. The number of nitrogens with zero attached hydrogens (tertiary/aromatic N) is 2. The molecule has 1 aliphatic rings. The van der Waals surface area contributed by atoms with E-state index in [9.17, 15) is 9.18 Å². The smallest absolute Gasteiger partial charge is 0.257 e. The summed E-state index contributed by atoms with van der Waals surface area (Å²) in [7, 11) is 1.46. The third-order valence-electron chi connectivity index (χ3n) is 6.48. The minimum atomic E-state index is -0.422. The molecule has 3 N–H and O–H groups in total. The average molecular weight is 507 g/mol. The Balaban J connectivity index is 1.35. The van der Waals surface area contributed by atoms with Crippen LogP contribution in [0.25, 0.3) is 21.3 Å². The molecular weight excluding hydrogens is 479 g/mol. The number of hydrogen-bond donors (Lipinski definition) is 2. The summed E-state index contributed by atoms with van der Waals surface area (Å²) in [5, 5.41) is 3.30. The van der Waals surface area contributed by atoms with Crippen LogP contribution in [-0.4, -0.2) is 29.6 Å². The molecule has 1 fully saturated rings. The fraction of sp³-hybridized carbons (Fsp3) is 0.296. The maximum absolute atomic E-state index is 14.7. The molecule has 9 heteroatoms. The molecule has 0 radical (unpaired) electrons. The second-order valence-electron chi connectivity index (χ2n) is 8.88. The van der Waals surface area contributed by atoms with Gasteiger partial charge in [0.2, 0.25) is 5.88 Å². The van der Waals surface area contributed by atoms with Gasteiger partial charge in [0.25, 0.3) is 5.91 Å². The van der Waals surface area contributed by atoms with E-state index < -0.39 is 11.7 Å². The van der Waals surface area contributed by atoms with Gasteiger partial charge in [0, 0.05) is 23.9 Å². The van der Waals surface area contributed by atoms with Crippen LogP contribution in [-0.2, 0) is 6.54 Å². The van der Waals surface area contributed by atoms with Gasteiger partial charge in [0.05, 0.1) is 23.9 Å². The van der Waals surface area contributed by atoms with E-state index in [4.69, 9.17) is 15.2 Å². The van der Waals surface area contributed by atoms with E-state index in [-0.39, 0.29) is 18.0 Å². The topological polar surface area (TPSA) is 99.4 Å². The summed E-state index contributed by atoms with van der Waals surface area (Å²) in [6.07, 6.45) is 6.33. The van der Waals surface area contributed by atoms with Gasteiger partial charge in [-0.2, -0.15) is 0 Å². The number of benzene rings is 2. The molecule has 0 saturated heterocycles. The second-order valence-corrected chi connectivity index (χ2v) is 9.94. The zero-order valence-corrected chi connectivity index (χ0v) is 20.7. The van der Waals surface area contributed by atoms with Crippen molar-refractivity contribution in [3.05, 3.63) is 65.6 Å². The summed E-state index contributed by atoms with van der Waals surface area (Å²) in [4.78, 5) is 21.8. The molecule has 0 spiro atoms. The van der Waals surface area contributed by atoms with E-state index in [0.29, 0.717) is 29.0 Å². The van der Waals surface area contributed by atoms with Gasteiger partial charge in [-0.05, 0) is 54.7 Å². The van der Waals surface area contributed by atoms with Crippen molar-refractivity contribution >= 4 is 32.6 Å². The molecule has 5 rings (SSSR count). The van der Waals surface area contributed by atoms with Gasteiger partial charge in [-0.3, -0.25) is 4.79 Å². The Kier molecular flexibility index (Phi) is 6.99. The number of aromatic nitrogens is 2. The highest BCUT2D eigenvalue weighted by atomic mass is 32.1. The molecule has 4 aromatic rings. The van der Waals surface area contributed by atoms with Crippen LogP contribution in [0.2, 0.25) is 0 Å².